The molecule has 1 N–H and O–H groups in total. The molecule has 0 aliphatic carbocycles. The van der Waals surface area contributed by atoms with Gasteiger partial charge in [-0.1, -0.05) is 49.1 Å². The molecule has 3 rings (SSSR count). The molecular formula is C30H31NO6. The predicted octanol–water partition coefficient (Wildman–Crippen LogP) is 6.11. The van der Waals surface area contributed by atoms with E-state index >= 15 is 0 Å². The Hall–Kier alpha value is -4.65. The molecule has 0 fully saturated rings. The zero-order valence-corrected chi connectivity index (χ0v) is 21.4. The molecule has 0 saturated heterocycles. The third-order valence-electron chi connectivity index (χ3n) is 5.32. The quantitative estimate of drug-likeness (QED) is 0.183. The Morgan fingerprint density at radius 3 is 2.16 bits per heavy atom. The average Bonchev–Trinajstić information content (AvgIpc) is 2.93. The fourth-order valence-corrected chi connectivity index (χ4v) is 3.57. The second-order valence-corrected chi connectivity index (χ2v) is 7.71. The summed E-state index contributed by atoms with van der Waals surface area (Å²) >= 11 is 0. The van der Waals surface area contributed by atoms with Gasteiger partial charge in [-0.05, 0) is 47.5 Å². The summed E-state index contributed by atoms with van der Waals surface area (Å²) in [6, 6.07) is 16.7. The van der Waals surface area contributed by atoms with Crippen LogP contribution in [0.3, 0.4) is 0 Å². The van der Waals surface area contributed by atoms with Crippen LogP contribution in [0.25, 0.3) is 18.2 Å². The zero-order valence-electron chi connectivity index (χ0n) is 21.4. The van der Waals surface area contributed by atoms with Crippen LogP contribution in [0.2, 0.25) is 0 Å². The first-order valence-corrected chi connectivity index (χ1v) is 11.5. The molecule has 7 heteroatoms. The summed E-state index contributed by atoms with van der Waals surface area (Å²) in [4.78, 5) is 12.8. The number of rotatable bonds is 12. The van der Waals surface area contributed by atoms with Crippen molar-refractivity contribution in [3.05, 3.63) is 90.0 Å². The Bertz CT molecular complexity index is 1270. The number of carbonyl (C=O) groups excluding carboxylic acids is 1. The molecular weight excluding hydrogens is 470 g/mol. The predicted molar refractivity (Wildman–Crippen MR) is 148 cm³/mol. The number of amides is 1. The molecule has 0 heterocycles. The molecule has 0 saturated carbocycles. The van der Waals surface area contributed by atoms with Gasteiger partial charge in [0, 0.05) is 11.6 Å². The van der Waals surface area contributed by atoms with Gasteiger partial charge in [-0.2, -0.15) is 0 Å². The molecule has 7 nitrogen and oxygen atoms in total. The van der Waals surface area contributed by atoms with E-state index in [0.717, 1.165) is 16.7 Å². The number of carbonyl (C=O) groups is 1. The van der Waals surface area contributed by atoms with Crippen molar-refractivity contribution < 1.29 is 28.5 Å². The third kappa shape index (κ3) is 7.18. The highest BCUT2D eigenvalue weighted by Crippen LogP contribution is 2.39. The highest BCUT2D eigenvalue weighted by Gasteiger charge is 2.13. The molecule has 3 aromatic carbocycles. The van der Waals surface area contributed by atoms with E-state index in [1.807, 2.05) is 60.7 Å². The molecule has 0 radical (unpaired) electrons. The first-order valence-electron chi connectivity index (χ1n) is 11.5. The summed E-state index contributed by atoms with van der Waals surface area (Å²) in [5.41, 5.74) is 2.97. The molecule has 0 aromatic heterocycles. The minimum atomic E-state index is -0.302. The van der Waals surface area contributed by atoms with E-state index in [1.165, 1.54) is 6.08 Å². The lowest BCUT2D eigenvalue weighted by Gasteiger charge is -2.13. The number of anilines is 1. The number of nitrogens with one attached hydrogen (secondary N) is 1. The average molecular weight is 502 g/mol. The summed E-state index contributed by atoms with van der Waals surface area (Å²) in [5.74, 6) is 2.54. The Kier molecular flexibility index (Phi) is 9.79. The second kappa shape index (κ2) is 13.4. The molecule has 192 valence electrons. The normalized spacial score (nSPS) is 10.8. The first-order chi connectivity index (χ1) is 18.0. The first kappa shape index (κ1) is 26.9. The maximum absolute atomic E-state index is 12.8. The number of hydrogen-bond donors (Lipinski definition) is 1. The van der Waals surface area contributed by atoms with Gasteiger partial charge in [0.1, 0.15) is 18.1 Å². The Balaban J connectivity index is 1.84. The molecule has 0 atom stereocenters. The van der Waals surface area contributed by atoms with E-state index in [0.29, 0.717) is 41.0 Å². The van der Waals surface area contributed by atoms with Gasteiger partial charge in [-0.15, -0.1) is 0 Å². The lowest BCUT2D eigenvalue weighted by Crippen LogP contribution is -2.10. The van der Waals surface area contributed by atoms with Crippen molar-refractivity contribution in [3.63, 3.8) is 0 Å². The molecule has 1 amide bonds. The van der Waals surface area contributed by atoms with Crippen molar-refractivity contribution in [1.29, 1.82) is 0 Å². The van der Waals surface area contributed by atoms with E-state index < -0.39 is 0 Å². The van der Waals surface area contributed by atoms with E-state index in [9.17, 15) is 4.79 Å². The van der Waals surface area contributed by atoms with Crippen LogP contribution >= 0.6 is 0 Å². The Morgan fingerprint density at radius 2 is 1.51 bits per heavy atom. The van der Waals surface area contributed by atoms with Crippen molar-refractivity contribution in [2.24, 2.45) is 0 Å². The van der Waals surface area contributed by atoms with Gasteiger partial charge in [0.05, 0.1) is 34.1 Å². The van der Waals surface area contributed by atoms with Crippen LogP contribution in [0.15, 0.2) is 73.3 Å². The van der Waals surface area contributed by atoms with E-state index in [2.05, 4.69) is 11.9 Å². The Labute approximate surface area is 217 Å². The third-order valence-corrected chi connectivity index (χ3v) is 5.32. The number of methoxy groups -OCH3 is 4. The number of benzene rings is 3. The number of hydrogen-bond acceptors (Lipinski definition) is 6. The molecule has 0 aliphatic rings. The maximum atomic E-state index is 12.8. The highest BCUT2D eigenvalue weighted by atomic mass is 16.5. The van der Waals surface area contributed by atoms with Crippen LogP contribution in [-0.4, -0.2) is 41.0 Å². The van der Waals surface area contributed by atoms with Gasteiger partial charge in [0.15, 0.2) is 11.5 Å². The monoisotopic (exact) mass is 501 g/mol. The molecule has 0 bridgehead atoms. The van der Waals surface area contributed by atoms with Crippen LogP contribution in [0.1, 0.15) is 16.7 Å². The van der Waals surface area contributed by atoms with Crippen molar-refractivity contribution >= 4 is 29.8 Å². The van der Waals surface area contributed by atoms with Crippen LogP contribution in [0.5, 0.6) is 28.7 Å². The van der Waals surface area contributed by atoms with Gasteiger partial charge >= 0.3 is 0 Å². The molecule has 0 unspecified atom stereocenters. The largest absolute Gasteiger partial charge is 0.495 e. The minimum Gasteiger partial charge on any atom is -0.495 e. The molecule has 0 spiro atoms. The van der Waals surface area contributed by atoms with Gasteiger partial charge in [0.2, 0.25) is 11.7 Å². The second-order valence-electron chi connectivity index (χ2n) is 7.71. The van der Waals surface area contributed by atoms with Crippen LogP contribution in [0, 0.1) is 0 Å². The topological polar surface area (TPSA) is 75.3 Å². The van der Waals surface area contributed by atoms with Crippen molar-refractivity contribution in [3.8, 4) is 28.7 Å². The fraction of sp³-hybridized carbons (Fsp3) is 0.167. The van der Waals surface area contributed by atoms with Gasteiger partial charge < -0.3 is 29.0 Å². The Morgan fingerprint density at radius 1 is 0.811 bits per heavy atom. The van der Waals surface area contributed by atoms with Crippen molar-refractivity contribution in [1.82, 2.24) is 0 Å². The highest BCUT2D eigenvalue weighted by molar-refractivity contribution is 6.04. The summed E-state index contributed by atoms with van der Waals surface area (Å²) < 4.78 is 27.3. The number of para-hydroxylation sites is 1. The van der Waals surface area contributed by atoms with E-state index in [-0.39, 0.29) is 5.91 Å². The van der Waals surface area contributed by atoms with Gasteiger partial charge in [-0.25, -0.2) is 0 Å². The standard InChI is InChI=1S/C30H31NO6/c1-6-17-37-24-11-7-9-21(18-24)14-16-28(32)31-29-23(10-8-12-25(29)33-2)15-13-22-19-26(34-3)30(36-5)27(20-22)35-4/h6-16,18-20H,1,17H2,2-5H3,(H,31,32)/b15-13+,16-14+. The lowest BCUT2D eigenvalue weighted by atomic mass is 10.1. The van der Waals surface area contributed by atoms with Crippen molar-refractivity contribution in [2.45, 2.75) is 0 Å². The summed E-state index contributed by atoms with van der Waals surface area (Å²) in [6.07, 6.45) is 8.63. The molecule has 0 aliphatic heterocycles. The smallest absolute Gasteiger partial charge is 0.248 e. The summed E-state index contributed by atoms with van der Waals surface area (Å²) in [5, 5.41) is 2.93. The fourth-order valence-electron chi connectivity index (χ4n) is 3.57. The molecule has 37 heavy (non-hydrogen) atoms. The van der Waals surface area contributed by atoms with Crippen LogP contribution < -0.4 is 29.0 Å². The lowest BCUT2D eigenvalue weighted by molar-refractivity contribution is -0.111. The molecule has 3 aromatic rings. The number of ether oxygens (including phenoxy) is 5. The maximum Gasteiger partial charge on any atom is 0.248 e. The van der Waals surface area contributed by atoms with E-state index in [4.69, 9.17) is 23.7 Å². The van der Waals surface area contributed by atoms with E-state index in [1.54, 1.807) is 46.7 Å². The SMILES string of the molecule is C=CCOc1cccc(/C=C/C(=O)Nc2c(/C=C/c3cc(OC)c(OC)c(OC)c3)cccc2OC)c1. The minimum absolute atomic E-state index is 0.302. The zero-order chi connectivity index (χ0) is 26.6. The van der Waals surface area contributed by atoms with Crippen LogP contribution in [-0.2, 0) is 4.79 Å². The summed E-state index contributed by atoms with van der Waals surface area (Å²) in [6.45, 7) is 4.06. The van der Waals surface area contributed by atoms with Gasteiger partial charge in [-0.3, -0.25) is 4.79 Å². The van der Waals surface area contributed by atoms with Gasteiger partial charge in [0.25, 0.3) is 0 Å². The van der Waals surface area contributed by atoms with Crippen LogP contribution in [0.4, 0.5) is 5.69 Å². The van der Waals surface area contributed by atoms with Crippen molar-refractivity contribution in [2.75, 3.05) is 40.4 Å². The summed E-state index contributed by atoms with van der Waals surface area (Å²) in [7, 11) is 6.25.